The number of aliphatic hydroxyl groups excluding tert-OH is 1. The fraction of sp³-hybridized carbons (Fsp3) is 0.517. The van der Waals surface area contributed by atoms with Gasteiger partial charge in [-0.2, -0.15) is 0 Å². The molecule has 37 heavy (non-hydrogen) atoms. The minimum absolute atomic E-state index is 0.0548. The number of nitrogens with one attached hydrogen (secondary N) is 2. The second kappa shape index (κ2) is 10.7. The third kappa shape index (κ3) is 7.02. The van der Waals surface area contributed by atoms with Crippen molar-refractivity contribution in [2.75, 3.05) is 13.1 Å². The van der Waals surface area contributed by atoms with Crippen molar-refractivity contribution >= 4 is 12.0 Å². The van der Waals surface area contributed by atoms with E-state index in [1.54, 1.807) is 40.7 Å². The van der Waals surface area contributed by atoms with Gasteiger partial charge >= 0.3 is 6.09 Å². The Morgan fingerprint density at radius 1 is 1.11 bits per heavy atom. The quantitative estimate of drug-likeness (QED) is 0.549. The highest BCUT2D eigenvalue weighted by Gasteiger charge is 2.44. The fourth-order valence-electron chi connectivity index (χ4n) is 4.95. The minimum atomic E-state index is -1.01. The van der Waals surface area contributed by atoms with Crippen molar-refractivity contribution in [1.82, 2.24) is 15.5 Å². The van der Waals surface area contributed by atoms with Gasteiger partial charge in [-0.15, -0.1) is 0 Å². The highest BCUT2D eigenvalue weighted by atomic mass is 16.6. The Hall–Kier alpha value is -3.10. The van der Waals surface area contributed by atoms with Gasteiger partial charge in [0.05, 0.1) is 12.5 Å². The van der Waals surface area contributed by atoms with Gasteiger partial charge in [0.1, 0.15) is 23.1 Å². The topological polar surface area (TPSA) is 100 Å². The number of fused-ring (bicyclic) bond motifs is 1. The third-order valence-electron chi connectivity index (χ3n) is 6.73. The lowest BCUT2D eigenvalue weighted by molar-refractivity contribution is -0.121. The summed E-state index contributed by atoms with van der Waals surface area (Å²) in [6.45, 7) is 11.5. The van der Waals surface area contributed by atoms with Crippen molar-refractivity contribution in [3.63, 3.8) is 0 Å². The number of alkyl carbamates (subject to hydrolysis) is 1. The summed E-state index contributed by atoms with van der Waals surface area (Å²) in [5, 5.41) is 17.0. The Balaban J connectivity index is 1.40. The Morgan fingerprint density at radius 2 is 1.84 bits per heavy atom. The fourth-order valence-corrected chi connectivity index (χ4v) is 4.95. The van der Waals surface area contributed by atoms with Gasteiger partial charge in [-0.1, -0.05) is 36.4 Å². The number of carbonyl (C=O) groups is 2. The summed E-state index contributed by atoms with van der Waals surface area (Å²) in [5.74, 6) is 0.508. The van der Waals surface area contributed by atoms with Gasteiger partial charge in [-0.25, -0.2) is 4.79 Å². The van der Waals surface area contributed by atoms with Crippen molar-refractivity contribution in [1.29, 1.82) is 0 Å². The molecule has 8 nitrogen and oxygen atoms in total. The number of benzene rings is 2. The molecule has 4 rings (SSSR count). The summed E-state index contributed by atoms with van der Waals surface area (Å²) >= 11 is 0. The Kier molecular flexibility index (Phi) is 7.80. The van der Waals surface area contributed by atoms with Crippen LogP contribution in [0.5, 0.6) is 5.75 Å². The summed E-state index contributed by atoms with van der Waals surface area (Å²) in [6, 6.07) is 15.2. The third-order valence-corrected chi connectivity index (χ3v) is 6.73. The molecule has 1 fully saturated rings. The molecular weight excluding hydrogens is 470 g/mol. The average Bonchev–Trinajstić information content (AvgIpc) is 3.23. The van der Waals surface area contributed by atoms with Crippen LogP contribution in [0.15, 0.2) is 48.5 Å². The number of hydrogen-bond acceptors (Lipinski definition) is 6. The summed E-state index contributed by atoms with van der Waals surface area (Å²) in [6.07, 6.45) is -0.517. The lowest BCUT2D eigenvalue weighted by Gasteiger charge is -2.42. The smallest absolute Gasteiger partial charge is 0.408 e. The lowest BCUT2D eigenvalue weighted by Crippen LogP contribution is -2.54. The van der Waals surface area contributed by atoms with Crippen LogP contribution >= 0.6 is 0 Å². The molecule has 0 saturated carbocycles. The highest BCUT2D eigenvalue weighted by Crippen LogP contribution is 2.40. The molecule has 2 heterocycles. The van der Waals surface area contributed by atoms with Crippen molar-refractivity contribution in [2.24, 2.45) is 0 Å². The van der Waals surface area contributed by atoms with E-state index < -0.39 is 29.4 Å². The SMILES string of the molecule is CC(C)(C)OC(=O)N[C@@H]1c2cc(CC(=O)N[C@@H]3CCN(Cc4ccccc4)C3)ccc2OC(C)(C)[C@H]1O. The van der Waals surface area contributed by atoms with E-state index in [4.69, 9.17) is 9.47 Å². The van der Waals surface area contributed by atoms with Crippen LogP contribution < -0.4 is 15.4 Å². The molecular formula is C29H39N3O5. The molecule has 2 aromatic rings. The van der Waals surface area contributed by atoms with Crippen LogP contribution in [0.25, 0.3) is 0 Å². The van der Waals surface area contributed by atoms with Gasteiger partial charge in [0.2, 0.25) is 5.91 Å². The van der Waals surface area contributed by atoms with E-state index in [1.807, 2.05) is 30.3 Å². The molecule has 0 bridgehead atoms. The average molecular weight is 510 g/mol. The summed E-state index contributed by atoms with van der Waals surface area (Å²) in [5.41, 5.74) is 1.08. The molecule has 2 amide bonds. The molecule has 2 aromatic carbocycles. The van der Waals surface area contributed by atoms with Crippen molar-refractivity contribution < 1.29 is 24.2 Å². The number of carbonyl (C=O) groups excluding carboxylic acids is 2. The van der Waals surface area contributed by atoms with E-state index in [-0.39, 0.29) is 18.4 Å². The van der Waals surface area contributed by atoms with Gasteiger partial charge in [0, 0.05) is 31.2 Å². The van der Waals surface area contributed by atoms with Crippen LogP contribution in [-0.2, 0) is 22.5 Å². The van der Waals surface area contributed by atoms with Crippen LogP contribution in [-0.4, -0.2) is 58.4 Å². The summed E-state index contributed by atoms with van der Waals surface area (Å²) < 4.78 is 11.4. The van der Waals surface area contributed by atoms with Crippen LogP contribution in [0.1, 0.15) is 63.8 Å². The van der Waals surface area contributed by atoms with E-state index in [0.717, 1.165) is 31.6 Å². The van der Waals surface area contributed by atoms with Gasteiger partial charge in [0.25, 0.3) is 0 Å². The lowest BCUT2D eigenvalue weighted by atomic mass is 9.85. The number of aliphatic hydroxyl groups is 1. The molecule has 8 heteroatoms. The standard InChI is InChI=1S/C29H39N3O5/c1-28(2,3)37-27(35)31-25-22-15-20(11-12-23(22)36-29(4,5)26(25)34)16-24(33)30-21-13-14-32(18-21)17-19-9-7-6-8-10-19/h6-12,15,21,25-26,34H,13-14,16-18H2,1-5H3,(H,30,33)(H,31,35)/t21-,25-,26+/m1/s1. The van der Waals surface area contributed by atoms with Gasteiger partial charge in [-0.05, 0) is 64.3 Å². The maximum atomic E-state index is 12.9. The van der Waals surface area contributed by atoms with Gasteiger partial charge in [0.15, 0.2) is 0 Å². The predicted octanol–water partition coefficient (Wildman–Crippen LogP) is 3.72. The first-order valence-corrected chi connectivity index (χ1v) is 12.9. The molecule has 2 aliphatic heterocycles. The van der Waals surface area contributed by atoms with Crippen LogP contribution in [0.4, 0.5) is 4.79 Å². The number of ether oxygens (including phenoxy) is 2. The van der Waals surface area contributed by atoms with Crippen molar-refractivity contribution in [2.45, 2.75) is 83.4 Å². The van der Waals surface area contributed by atoms with E-state index >= 15 is 0 Å². The number of likely N-dealkylation sites (tertiary alicyclic amines) is 1. The molecule has 1 saturated heterocycles. The highest BCUT2D eigenvalue weighted by molar-refractivity contribution is 5.79. The first-order chi connectivity index (χ1) is 17.4. The molecule has 2 aliphatic rings. The number of nitrogens with zero attached hydrogens (tertiary/aromatic N) is 1. The molecule has 0 spiro atoms. The predicted molar refractivity (Wildman–Crippen MR) is 141 cm³/mol. The van der Waals surface area contributed by atoms with Crippen LogP contribution in [0.3, 0.4) is 0 Å². The van der Waals surface area contributed by atoms with Crippen LogP contribution in [0, 0.1) is 0 Å². The maximum absolute atomic E-state index is 12.9. The zero-order valence-electron chi connectivity index (χ0n) is 22.4. The van der Waals surface area contributed by atoms with Gasteiger partial charge < -0.3 is 25.2 Å². The molecule has 0 aromatic heterocycles. The number of hydrogen-bond donors (Lipinski definition) is 3. The number of rotatable bonds is 6. The molecule has 0 radical (unpaired) electrons. The molecule has 200 valence electrons. The Morgan fingerprint density at radius 3 is 2.54 bits per heavy atom. The zero-order chi connectivity index (χ0) is 26.8. The van der Waals surface area contributed by atoms with Crippen molar-refractivity contribution in [3.8, 4) is 5.75 Å². The molecule has 0 aliphatic carbocycles. The Bertz CT molecular complexity index is 1110. The van der Waals surface area contributed by atoms with E-state index in [2.05, 4.69) is 27.7 Å². The molecule has 0 unspecified atom stereocenters. The van der Waals surface area contributed by atoms with E-state index in [9.17, 15) is 14.7 Å². The van der Waals surface area contributed by atoms with Crippen molar-refractivity contribution in [3.05, 3.63) is 65.2 Å². The van der Waals surface area contributed by atoms with Crippen LogP contribution in [0.2, 0.25) is 0 Å². The number of amides is 2. The second-order valence-electron chi connectivity index (χ2n) is 11.6. The largest absolute Gasteiger partial charge is 0.485 e. The Labute approximate surface area is 219 Å². The van der Waals surface area contributed by atoms with E-state index in [1.165, 1.54) is 5.56 Å². The first kappa shape index (κ1) is 26.9. The zero-order valence-corrected chi connectivity index (χ0v) is 22.4. The first-order valence-electron chi connectivity index (χ1n) is 12.9. The molecule has 3 N–H and O–H groups in total. The monoisotopic (exact) mass is 509 g/mol. The summed E-state index contributed by atoms with van der Waals surface area (Å²) in [4.78, 5) is 27.8. The maximum Gasteiger partial charge on any atom is 0.408 e. The normalized spacial score (nSPS) is 23.0. The minimum Gasteiger partial charge on any atom is -0.485 e. The van der Waals surface area contributed by atoms with Gasteiger partial charge in [-0.3, -0.25) is 9.69 Å². The van der Waals surface area contributed by atoms with E-state index in [0.29, 0.717) is 11.3 Å². The second-order valence-corrected chi connectivity index (χ2v) is 11.6. The summed E-state index contributed by atoms with van der Waals surface area (Å²) in [7, 11) is 0. The molecule has 3 atom stereocenters.